The van der Waals surface area contributed by atoms with Crippen molar-refractivity contribution in [3.63, 3.8) is 0 Å². The van der Waals surface area contributed by atoms with Gasteiger partial charge in [-0.15, -0.1) is 0 Å². The molecule has 0 unspecified atom stereocenters. The third kappa shape index (κ3) is 5.33. The van der Waals surface area contributed by atoms with Crippen molar-refractivity contribution in [2.45, 2.75) is 13.1 Å². The highest BCUT2D eigenvalue weighted by Crippen LogP contribution is 2.16. The first-order valence-electron chi connectivity index (χ1n) is 6.05. The van der Waals surface area contributed by atoms with Gasteiger partial charge in [-0.25, -0.2) is 0 Å². The third-order valence-electron chi connectivity index (χ3n) is 2.65. The summed E-state index contributed by atoms with van der Waals surface area (Å²) in [5.74, 6) is -1.42. The average Bonchev–Trinajstić information content (AvgIpc) is 2.37. The molecule has 5 nitrogen and oxygen atoms in total. The molecule has 21 heavy (non-hydrogen) atoms. The Morgan fingerprint density at radius 1 is 1.33 bits per heavy atom. The molecule has 0 heterocycles. The summed E-state index contributed by atoms with van der Waals surface area (Å²) in [6, 6.07) is 4.84. The van der Waals surface area contributed by atoms with Crippen molar-refractivity contribution < 1.29 is 22.8 Å². The van der Waals surface area contributed by atoms with Crippen LogP contribution < -0.4 is 11.1 Å². The summed E-state index contributed by atoms with van der Waals surface area (Å²) in [4.78, 5) is 24.5. The summed E-state index contributed by atoms with van der Waals surface area (Å²) in [7, 11) is 1.32. The SMILES string of the molecule is Cc1ccc(N)c(C(=O)N(C)CC(=O)NCC(F)(F)F)c1. The van der Waals surface area contributed by atoms with E-state index in [1.165, 1.54) is 7.05 Å². The molecule has 0 saturated carbocycles. The van der Waals surface area contributed by atoms with Crippen LogP contribution in [0.2, 0.25) is 0 Å². The molecule has 0 atom stereocenters. The van der Waals surface area contributed by atoms with Crippen LogP contribution in [0.15, 0.2) is 18.2 Å². The topological polar surface area (TPSA) is 75.4 Å². The summed E-state index contributed by atoms with van der Waals surface area (Å²) in [5.41, 5.74) is 6.94. The van der Waals surface area contributed by atoms with Crippen LogP contribution in [0, 0.1) is 6.92 Å². The zero-order valence-corrected chi connectivity index (χ0v) is 11.6. The van der Waals surface area contributed by atoms with E-state index in [0.717, 1.165) is 10.5 Å². The molecule has 8 heteroatoms. The summed E-state index contributed by atoms with van der Waals surface area (Å²) in [6.45, 7) is -0.144. The zero-order chi connectivity index (χ0) is 16.2. The molecule has 1 aromatic carbocycles. The number of hydrogen-bond donors (Lipinski definition) is 2. The van der Waals surface area contributed by atoms with E-state index in [9.17, 15) is 22.8 Å². The lowest BCUT2D eigenvalue weighted by Gasteiger charge is -2.18. The van der Waals surface area contributed by atoms with E-state index in [-0.39, 0.29) is 11.3 Å². The van der Waals surface area contributed by atoms with Crippen LogP contribution in [0.4, 0.5) is 18.9 Å². The highest BCUT2D eigenvalue weighted by Gasteiger charge is 2.28. The number of carbonyl (C=O) groups excluding carboxylic acids is 2. The molecule has 3 N–H and O–H groups in total. The van der Waals surface area contributed by atoms with Crippen LogP contribution in [0.5, 0.6) is 0 Å². The van der Waals surface area contributed by atoms with E-state index in [0.29, 0.717) is 0 Å². The number of amides is 2. The average molecular weight is 303 g/mol. The van der Waals surface area contributed by atoms with Gasteiger partial charge in [0.1, 0.15) is 6.54 Å². The van der Waals surface area contributed by atoms with Gasteiger partial charge in [-0.05, 0) is 19.1 Å². The second-order valence-corrected chi connectivity index (χ2v) is 4.64. The summed E-state index contributed by atoms with van der Waals surface area (Å²) in [5, 5.41) is 1.70. The number of rotatable bonds is 4. The Hall–Kier alpha value is -2.25. The summed E-state index contributed by atoms with van der Waals surface area (Å²) >= 11 is 0. The zero-order valence-electron chi connectivity index (χ0n) is 11.6. The van der Waals surface area contributed by atoms with Gasteiger partial charge in [0.2, 0.25) is 5.91 Å². The van der Waals surface area contributed by atoms with Crippen LogP contribution >= 0.6 is 0 Å². The largest absolute Gasteiger partial charge is 0.405 e. The monoisotopic (exact) mass is 303 g/mol. The van der Waals surface area contributed by atoms with Crippen molar-refractivity contribution in [2.24, 2.45) is 0 Å². The molecular formula is C13H16F3N3O2. The molecule has 0 radical (unpaired) electrons. The minimum Gasteiger partial charge on any atom is -0.398 e. The quantitative estimate of drug-likeness (QED) is 0.824. The number of hydrogen-bond acceptors (Lipinski definition) is 3. The normalized spacial score (nSPS) is 11.1. The van der Waals surface area contributed by atoms with E-state index in [1.54, 1.807) is 30.4 Å². The molecule has 0 aromatic heterocycles. The van der Waals surface area contributed by atoms with Gasteiger partial charge in [0.05, 0.1) is 12.1 Å². The maximum atomic E-state index is 12.1. The highest BCUT2D eigenvalue weighted by molar-refractivity contribution is 6.00. The van der Waals surface area contributed by atoms with Gasteiger partial charge in [-0.1, -0.05) is 11.6 Å². The predicted molar refractivity (Wildman–Crippen MR) is 71.6 cm³/mol. The van der Waals surface area contributed by atoms with Gasteiger partial charge in [0.15, 0.2) is 0 Å². The number of likely N-dealkylation sites (N-methyl/N-ethyl adjacent to an activating group) is 1. The van der Waals surface area contributed by atoms with Crippen molar-refractivity contribution in [3.05, 3.63) is 29.3 Å². The van der Waals surface area contributed by atoms with Gasteiger partial charge in [0, 0.05) is 12.7 Å². The molecule has 0 saturated heterocycles. The smallest absolute Gasteiger partial charge is 0.398 e. The fraction of sp³-hybridized carbons (Fsp3) is 0.385. The molecule has 0 bridgehead atoms. The number of nitrogens with one attached hydrogen (secondary N) is 1. The number of halogens is 3. The van der Waals surface area contributed by atoms with Gasteiger partial charge < -0.3 is 16.0 Å². The number of nitrogen functional groups attached to an aromatic ring is 1. The predicted octanol–water partition coefficient (Wildman–Crippen LogP) is 1.33. The Labute approximate surface area is 119 Å². The standard InChI is InChI=1S/C13H16F3N3O2/c1-8-3-4-10(17)9(5-8)12(21)19(2)6-11(20)18-7-13(14,15)16/h3-5H,6-7,17H2,1-2H3,(H,18,20). The fourth-order valence-electron chi connectivity index (χ4n) is 1.60. The molecule has 1 rings (SSSR count). The fourth-order valence-corrected chi connectivity index (χ4v) is 1.60. The number of alkyl halides is 3. The molecule has 0 aliphatic rings. The van der Waals surface area contributed by atoms with E-state index in [1.807, 2.05) is 0 Å². The lowest BCUT2D eigenvalue weighted by molar-refractivity contribution is -0.138. The van der Waals surface area contributed by atoms with E-state index < -0.39 is 31.1 Å². The van der Waals surface area contributed by atoms with Crippen molar-refractivity contribution >= 4 is 17.5 Å². The number of nitrogens with zero attached hydrogens (tertiary/aromatic N) is 1. The summed E-state index contributed by atoms with van der Waals surface area (Å²) < 4.78 is 35.9. The lowest BCUT2D eigenvalue weighted by atomic mass is 10.1. The van der Waals surface area contributed by atoms with Crippen LogP contribution in [-0.4, -0.2) is 43.0 Å². The third-order valence-corrected chi connectivity index (χ3v) is 2.65. The van der Waals surface area contributed by atoms with Crippen LogP contribution in [0.1, 0.15) is 15.9 Å². The first kappa shape index (κ1) is 16.8. The molecule has 0 aliphatic carbocycles. The molecule has 0 fully saturated rings. The summed E-state index contributed by atoms with van der Waals surface area (Å²) in [6.07, 6.45) is -4.49. The van der Waals surface area contributed by atoms with Crippen molar-refractivity contribution in [1.82, 2.24) is 10.2 Å². The first-order chi connectivity index (χ1) is 9.60. The second kappa shape index (κ2) is 6.47. The van der Waals surface area contributed by atoms with Gasteiger partial charge in [-0.2, -0.15) is 13.2 Å². The van der Waals surface area contributed by atoms with Crippen molar-refractivity contribution in [3.8, 4) is 0 Å². The Balaban J connectivity index is 2.66. The van der Waals surface area contributed by atoms with E-state index in [2.05, 4.69) is 0 Å². The van der Waals surface area contributed by atoms with Gasteiger partial charge in [0.25, 0.3) is 5.91 Å². The number of nitrogens with two attached hydrogens (primary N) is 1. The maximum Gasteiger partial charge on any atom is 0.405 e. The Bertz CT molecular complexity index is 544. The van der Waals surface area contributed by atoms with Crippen LogP contribution in [0.25, 0.3) is 0 Å². The molecular weight excluding hydrogens is 287 g/mol. The Kier molecular flexibility index (Phi) is 5.17. The van der Waals surface area contributed by atoms with Crippen molar-refractivity contribution in [2.75, 3.05) is 25.9 Å². The molecule has 0 aliphatic heterocycles. The first-order valence-corrected chi connectivity index (χ1v) is 6.05. The second-order valence-electron chi connectivity index (χ2n) is 4.64. The van der Waals surface area contributed by atoms with Gasteiger partial charge >= 0.3 is 6.18 Å². The molecule has 1 aromatic rings. The minimum absolute atomic E-state index is 0.209. The Morgan fingerprint density at radius 2 is 1.95 bits per heavy atom. The van der Waals surface area contributed by atoms with E-state index >= 15 is 0 Å². The number of benzene rings is 1. The van der Waals surface area contributed by atoms with Crippen molar-refractivity contribution in [1.29, 1.82) is 0 Å². The Morgan fingerprint density at radius 3 is 2.52 bits per heavy atom. The molecule has 116 valence electrons. The highest BCUT2D eigenvalue weighted by atomic mass is 19.4. The minimum atomic E-state index is -4.49. The lowest BCUT2D eigenvalue weighted by Crippen LogP contribution is -2.41. The number of aryl methyl sites for hydroxylation is 1. The van der Waals surface area contributed by atoms with E-state index in [4.69, 9.17) is 5.73 Å². The number of carbonyl (C=O) groups is 2. The van der Waals surface area contributed by atoms with Crippen LogP contribution in [0.3, 0.4) is 0 Å². The van der Waals surface area contributed by atoms with Crippen LogP contribution in [-0.2, 0) is 4.79 Å². The van der Waals surface area contributed by atoms with Gasteiger partial charge in [-0.3, -0.25) is 9.59 Å². The maximum absolute atomic E-state index is 12.1. The number of anilines is 1. The molecule has 0 spiro atoms. The molecule has 2 amide bonds.